The number of benzene rings is 1. The average molecular weight is 311 g/mol. The maximum absolute atomic E-state index is 13.2. The number of ether oxygens (including phenoxy) is 1. The molecule has 4 nitrogen and oxygen atoms in total. The molecule has 3 rings (SSSR count). The van der Waals surface area contributed by atoms with Gasteiger partial charge in [-0.05, 0) is 48.9 Å². The van der Waals surface area contributed by atoms with E-state index >= 15 is 0 Å². The molecule has 0 aliphatic rings. The standard InChI is InChI=1S/C18H18FN3O/c1-2-23-12-11-22-13-17(14-7-9-20-10-8-14)18(21-22)15-3-5-16(19)6-4-15/h3-10,13H,2,11-12H2,1H3. The number of halogens is 1. The number of hydrogen-bond donors (Lipinski definition) is 0. The van der Waals surface area contributed by atoms with Crippen molar-refractivity contribution in [1.29, 1.82) is 0 Å². The lowest BCUT2D eigenvalue weighted by Crippen LogP contribution is -2.06. The zero-order valence-electron chi connectivity index (χ0n) is 12.9. The van der Waals surface area contributed by atoms with Gasteiger partial charge >= 0.3 is 0 Å². The van der Waals surface area contributed by atoms with Crippen LogP contribution in [0.4, 0.5) is 4.39 Å². The Morgan fingerprint density at radius 1 is 1.04 bits per heavy atom. The van der Waals surface area contributed by atoms with Crippen molar-refractivity contribution in [2.75, 3.05) is 13.2 Å². The maximum Gasteiger partial charge on any atom is 0.123 e. The topological polar surface area (TPSA) is 39.9 Å². The first-order chi connectivity index (χ1) is 11.3. The summed E-state index contributed by atoms with van der Waals surface area (Å²) in [5, 5.41) is 4.65. The number of rotatable bonds is 6. The van der Waals surface area contributed by atoms with Gasteiger partial charge in [0, 0.05) is 36.3 Å². The first-order valence-corrected chi connectivity index (χ1v) is 7.59. The predicted octanol–water partition coefficient (Wildman–Crippen LogP) is 3.79. The highest BCUT2D eigenvalue weighted by Gasteiger charge is 2.13. The van der Waals surface area contributed by atoms with Gasteiger partial charge in [0.1, 0.15) is 11.5 Å². The Labute approximate surface area is 134 Å². The summed E-state index contributed by atoms with van der Waals surface area (Å²) in [6.45, 7) is 3.93. The quantitative estimate of drug-likeness (QED) is 0.650. The Morgan fingerprint density at radius 2 is 1.78 bits per heavy atom. The van der Waals surface area contributed by atoms with E-state index in [4.69, 9.17) is 4.74 Å². The van der Waals surface area contributed by atoms with Crippen LogP contribution in [0, 0.1) is 5.82 Å². The van der Waals surface area contributed by atoms with E-state index < -0.39 is 0 Å². The molecule has 0 amide bonds. The summed E-state index contributed by atoms with van der Waals surface area (Å²) in [6.07, 6.45) is 5.50. The van der Waals surface area contributed by atoms with Gasteiger partial charge in [-0.1, -0.05) is 0 Å². The fraction of sp³-hybridized carbons (Fsp3) is 0.222. The van der Waals surface area contributed by atoms with E-state index in [2.05, 4.69) is 10.1 Å². The summed E-state index contributed by atoms with van der Waals surface area (Å²) >= 11 is 0. The van der Waals surface area contributed by atoms with Gasteiger partial charge in [0.25, 0.3) is 0 Å². The highest BCUT2D eigenvalue weighted by Crippen LogP contribution is 2.30. The molecule has 0 saturated heterocycles. The Morgan fingerprint density at radius 3 is 2.48 bits per heavy atom. The van der Waals surface area contributed by atoms with Gasteiger partial charge in [-0.15, -0.1) is 0 Å². The van der Waals surface area contributed by atoms with Gasteiger partial charge in [-0.2, -0.15) is 5.10 Å². The van der Waals surface area contributed by atoms with Gasteiger partial charge < -0.3 is 4.74 Å². The number of hydrogen-bond acceptors (Lipinski definition) is 3. The second-order valence-corrected chi connectivity index (χ2v) is 5.09. The molecule has 0 saturated carbocycles. The lowest BCUT2D eigenvalue weighted by Gasteiger charge is -2.02. The molecule has 118 valence electrons. The normalized spacial score (nSPS) is 10.9. The van der Waals surface area contributed by atoms with E-state index in [-0.39, 0.29) is 5.82 Å². The fourth-order valence-corrected chi connectivity index (χ4v) is 2.40. The number of aromatic nitrogens is 3. The lowest BCUT2D eigenvalue weighted by molar-refractivity contribution is 0.136. The molecule has 1 aromatic carbocycles. The van der Waals surface area contributed by atoms with Crippen molar-refractivity contribution in [3.63, 3.8) is 0 Å². The van der Waals surface area contributed by atoms with E-state index in [0.717, 1.165) is 22.4 Å². The van der Waals surface area contributed by atoms with Crippen molar-refractivity contribution >= 4 is 0 Å². The van der Waals surface area contributed by atoms with Crippen LogP contribution in [0.15, 0.2) is 55.0 Å². The fourth-order valence-electron chi connectivity index (χ4n) is 2.40. The first-order valence-electron chi connectivity index (χ1n) is 7.59. The number of pyridine rings is 1. The lowest BCUT2D eigenvalue weighted by atomic mass is 10.0. The van der Waals surface area contributed by atoms with E-state index in [1.54, 1.807) is 24.5 Å². The largest absolute Gasteiger partial charge is 0.380 e. The molecule has 3 aromatic rings. The van der Waals surface area contributed by atoms with Crippen LogP contribution in [0.1, 0.15) is 6.92 Å². The summed E-state index contributed by atoms with van der Waals surface area (Å²) in [5.41, 5.74) is 3.73. The SMILES string of the molecule is CCOCCn1cc(-c2ccncc2)c(-c2ccc(F)cc2)n1. The molecular weight excluding hydrogens is 293 g/mol. The Balaban J connectivity index is 2.00. The van der Waals surface area contributed by atoms with Gasteiger partial charge in [0.15, 0.2) is 0 Å². The summed E-state index contributed by atoms with van der Waals surface area (Å²) < 4.78 is 20.4. The van der Waals surface area contributed by atoms with Crippen LogP contribution in [0.25, 0.3) is 22.4 Å². The van der Waals surface area contributed by atoms with E-state index in [1.165, 1.54) is 12.1 Å². The molecule has 0 atom stereocenters. The van der Waals surface area contributed by atoms with Crippen molar-refractivity contribution < 1.29 is 9.13 Å². The third-order valence-electron chi connectivity index (χ3n) is 3.54. The zero-order valence-corrected chi connectivity index (χ0v) is 12.9. The van der Waals surface area contributed by atoms with Crippen molar-refractivity contribution in [3.05, 3.63) is 60.8 Å². The highest BCUT2D eigenvalue weighted by atomic mass is 19.1. The van der Waals surface area contributed by atoms with Gasteiger partial charge in [-0.3, -0.25) is 9.67 Å². The zero-order chi connectivity index (χ0) is 16.1. The van der Waals surface area contributed by atoms with Crippen LogP contribution >= 0.6 is 0 Å². The van der Waals surface area contributed by atoms with E-state index in [9.17, 15) is 4.39 Å². The summed E-state index contributed by atoms with van der Waals surface area (Å²) in [5.74, 6) is -0.255. The third kappa shape index (κ3) is 3.63. The van der Waals surface area contributed by atoms with Gasteiger partial charge in [0.05, 0.1) is 13.2 Å². The van der Waals surface area contributed by atoms with Gasteiger partial charge in [0.2, 0.25) is 0 Å². The second kappa shape index (κ2) is 7.15. The van der Waals surface area contributed by atoms with E-state index in [0.29, 0.717) is 19.8 Å². The molecule has 0 radical (unpaired) electrons. The highest BCUT2D eigenvalue weighted by molar-refractivity contribution is 5.80. The predicted molar refractivity (Wildman–Crippen MR) is 87.3 cm³/mol. The molecule has 5 heteroatoms. The van der Waals surface area contributed by atoms with Crippen molar-refractivity contribution in [3.8, 4) is 22.4 Å². The Hall–Kier alpha value is -2.53. The molecule has 0 N–H and O–H groups in total. The number of nitrogens with zero attached hydrogens (tertiary/aromatic N) is 3. The molecule has 23 heavy (non-hydrogen) atoms. The summed E-state index contributed by atoms with van der Waals surface area (Å²) in [4.78, 5) is 4.06. The minimum Gasteiger partial charge on any atom is -0.380 e. The van der Waals surface area contributed by atoms with Crippen molar-refractivity contribution in [2.45, 2.75) is 13.5 Å². The molecule has 2 heterocycles. The second-order valence-electron chi connectivity index (χ2n) is 5.09. The van der Waals surface area contributed by atoms with Crippen LogP contribution in [0.2, 0.25) is 0 Å². The minimum atomic E-state index is -0.255. The molecule has 0 spiro atoms. The third-order valence-corrected chi connectivity index (χ3v) is 3.54. The van der Waals surface area contributed by atoms with Crippen LogP contribution in [0.5, 0.6) is 0 Å². The maximum atomic E-state index is 13.2. The van der Waals surface area contributed by atoms with E-state index in [1.807, 2.05) is 29.9 Å². The molecular formula is C18H18FN3O. The van der Waals surface area contributed by atoms with Crippen LogP contribution < -0.4 is 0 Å². The Bertz CT molecular complexity index is 754. The summed E-state index contributed by atoms with van der Waals surface area (Å²) in [7, 11) is 0. The van der Waals surface area contributed by atoms with Crippen LogP contribution in [-0.2, 0) is 11.3 Å². The molecule has 0 aliphatic heterocycles. The van der Waals surface area contributed by atoms with Crippen LogP contribution in [-0.4, -0.2) is 28.0 Å². The smallest absolute Gasteiger partial charge is 0.123 e. The molecule has 2 aromatic heterocycles. The van der Waals surface area contributed by atoms with Crippen LogP contribution in [0.3, 0.4) is 0 Å². The van der Waals surface area contributed by atoms with Crippen molar-refractivity contribution in [2.24, 2.45) is 0 Å². The average Bonchev–Trinajstić information content (AvgIpc) is 3.01. The minimum absolute atomic E-state index is 0.255. The summed E-state index contributed by atoms with van der Waals surface area (Å²) in [6, 6.07) is 10.3. The van der Waals surface area contributed by atoms with Gasteiger partial charge in [-0.25, -0.2) is 4.39 Å². The Kier molecular flexibility index (Phi) is 4.78. The molecule has 0 bridgehead atoms. The molecule has 0 unspecified atom stereocenters. The van der Waals surface area contributed by atoms with Crippen molar-refractivity contribution in [1.82, 2.24) is 14.8 Å². The molecule has 0 aliphatic carbocycles. The first kappa shape index (κ1) is 15.4. The monoisotopic (exact) mass is 311 g/mol. The molecule has 0 fully saturated rings.